The fourth-order valence-electron chi connectivity index (χ4n) is 2.12. The number of halogens is 1. The minimum Gasteiger partial charge on any atom is -0.497 e. The maximum absolute atomic E-state index is 6.25. The highest BCUT2D eigenvalue weighted by Crippen LogP contribution is 2.24. The van der Waals surface area contributed by atoms with Crippen molar-refractivity contribution in [1.29, 1.82) is 0 Å². The molecule has 0 spiro atoms. The van der Waals surface area contributed by atoms with Gasteiger partial charge in [0, 0.05) is 37.2 Å². The molecule has 0 amide bonds. The van der Waals surface area contributed by atoms with E-state index >= 15 is 0 Å². The molecule has 3 nitrogen and oxygen atoms in total. The number of ether oxygens (including phenoxy) is 1. The second-order valence-corrected chi connectivity index (χ2v) is 4.89. The van der Waals surface area contributed by atoms with Gasteiger partial charge in [-0.15, -0.1) is 0 Å². The first kappa shape index (κ1) is 12.7. The molecule has 0 unspecified atom stereocenters. The third-order valence-corrected chi connectivity index (χ3v) is 3.62. The number of piperazine rings is 1. The number of nitrogens with zero attached hydrogens (tertiary/aromatic N) is 1. The summed E-state index contributed by atoms with van der Waals surface area (Å²) in [7, 11) is 1.66. The van der Waals surface area contributed by atoms with Crippen LogP contribution in [-0.4, -0.2) is 37.7 Å². The summed E-state index contributed by atoms with van der Waals surface area (Å²) >= 11 is 6.25. The first-order valence-electron chi connectivity index (χ1n) is 5.98. The van der Waals surface area contributed by atoms with Crippen LogP contribution in [0.3, 0.4) is 0 Å². The summed E-state index contributed by atoms with van der Waals surface area (Å²) in [6.07, 6.45) is 0. The van der Waals surface area contributed by atoms with Gasteiger partial charge in [-0.25, -0.2) is 0 Å². The molecular weight excluding hydrogens is 236 g/mol. The van der Waals surface area contributed by atoms with E-state index in [1.54, 1.807) is 7.11 Å². The van der Waals surface area contributed by atoms with Gasteiger partial charge in [0.1, 0.15) is 5.75 Å². The number of rotatable bonds is 3. The van der Waals surface area contributed by atoms with Crippen molar-refractivity contribution in [3.05, 3.63) is 28.8 Å². The van der Waals surface area contributed by atoms with Gasteiger partial charge in [-0.05, 0) is 24.6 Å². The van der Waals surface area contributed by atoms with Gasteiger partial charge in [0.05, 0.1) is 7.11 Å². The van der Waals surface area contributed by atoms with Crippen molar-refractivity contribution in [2.24, 2.45) is 0 Å². The zero-order valence-electron chi connectivity index (χ0n) is 10.4. The van der Waals surface area contributed by atoms with Crippen LogP contribution in [0.1, 0.15) is 12.5 Å². The van der Waals surface area contributed by atoms with Crippen LogP contribution in [-0.2, 0) is 6.54 Å². The first-order chi connectivity index (χ1) is 8.20. The minimum absolute atomic E-state index is 0.557. The minimum atomic E-state index is 0.557. The first-order valence-corrected chi connectivity index (χ1v) is 6.35. The Balaban J connectivity index is 2.07. The largest absolute Gasteiger partial charge is 0.497 e. The van der Waals surface area contributed by atoms with E-state index in [1.807, 2.05) is 12.1 Å². The second-order valence-electron chi connectivity index (χ2n) is 4.48. The normalized spacial score (nSPS) is 21.5. The van der Waals surface area contributed by atoms with Crippen molar-refractivity contribution < 1.29 is 4.74 Å². The lowest BCUT2D eigenvalue weighted by atomic mass is 10.1. The van der Waals surface area contributed by atoms with Gasteiger partial charge in [-0.3, -0.25) is 4.90 Å². The van der Waals surface area contributed by atoms with E-state index in [0.29, 0.717) is 6.04 Å². The molecule has 1 aliphatic heterocycles. The van der Waals surface area contributed by atoms with E-state index in [1.165, 1.54) is 5.56 Å². The maximum Gasteiger partial charge on any atom is 0.120 e. The highest BCUT2D eigenvalue weighted by atomic mass is 35.5. The van der Waals surface area contributed by atoms with Crippen LogP contribution in [0.2, 0.25) is 5.02 Å². The molecule has 1 saturated heterocycles. The van der Waals surface area contributed by atoms with E-state index in [4.69, 9.17) is 16.3 Å². The molecule has 4 heteroatoms. The number of methoxy groups -OCH3 is 1. The van der Waals surface area contributed by atoms with E-state index in [2.05, 4.69) is 23.2 Å². The molecule has 1 atom stereocenters. The van der Waals surface area contributed by atoms with Crippen LogP contribution in [0.25, 0.3) is 0 Å². The average Bonchev–Trinajstić information content (AvgIpc) is 2.34. The Bertz CT molecular complexity index is 384. The number of hydrogen-bond donors (Lipinski definition) is 1. The molecule has 1 N–H and O–H groups in total. The summed E-state index contributed by atoms with van der Waals surface area (Å²) in [5.41, 5.74) is 1.17. The van der Waals surface area contributed by atoms with Crippen LogP contribution in [0, 0.1) is 0 Å². The number of nitrogens with one attached hydrogen (secondary N) is 1. The third kappa shape index (κ3) is 3.12. The summed E-state index contributed by atoms with van der Waals surface area (Å²) in [4.78, 5) is 2.45. The molecule has 0 saturated carbocycles. The predicted octanol–water partition coefficient (Wildman–Crippen LogP) is 2.14. The Morgan fingerprint density at radius 1 is 1.53 bits per heavy atom. The van der Waals surface area contributed by atoms with Gasteiger partial charge in [0.25, 0.3) is 0 Å². The number of hydrogen-bond acceptors (Lipinski definition) is 3. The van der Waals surface area contributed by atoms with Crippen molar-refractivity contribution >= 4 is 11.6 Å². The third-order valence-electron chi connectivity index (χ3n) is 3.27. The van der Waals surface area contributed by atoms with Crippen molar-refractivity contribution in [3.8, 4) is 5.75 Å². The maximum atomic E-state index is 6.25. The SMILES string of the molecule is COc1ccc(CN2CCNC[C@@H]2C)c(Cl)c1. The molecule has 1 aromatic carbocycles. The molecule has 1 heterocycles. The van der Waals surface area contributed by atoms with E-state index in [0.717, 1.165) is 37.0 Å². The molecule has 0 radical (unpaired) electrons. The Labute approximate surface area is 108 Å². The van der Waals surface area contributed by atoms with Gasteiger partial charge < -0.3 is 10.1 Å². The molecule has 2 rings (SSSR count). The lowest BCUT2D eigenvalue weighted by Crippen LogP contribution is -2.49. The van der Waals surface area contributed by atoms with Crippen molar-refractivity contribution in [1.82, 2.24) is 10.2 Å². The van der Waals surface area contributed by atoms with Gasteiger partial charge in [-0.2, -0.15) is 0 Å². The summed E-state index contributed by atoms with van der Waals surface area (Å²) in [6.45, 7) is 6.32. The molecule has 17 heavy (non-hydrogen) atoms. The zero-order chi connectivity index (χ0) is 12.3. The van der Waals surface area contributed by atoms with Gasteiger partial charge >= 0.3 is 0 Å². The van der Waals surface area contributed by atoms with E-state index in [-0.39, 0.29) is 0 Å². The molecule has 1 fully saturated rings. The molecule has 94 valence electrons. The Kier molecular flexibility index (Phi) is 4.26. The molecule has 0 aromatic heterocycles. The van der Waals surface area contributed by atoms with Crippen molar-refractivity contribution in [2.45, 2.75) is 19.5 Å². The molecule has 1 aromatic rings. The Hall–Kier alpha value is -0.770. The van der Waals surface area contributed by atoms with Crippen LogP contribution < -0.4 is 10.1 Å². The number of benzene rings is 1. The van der Waals surface area contributed by atoms with Crippen molar-refractivity contribution in [3.63, 3.8) is 0 Å². The molecule has 0 aliphatic carbocycles. The van der Waals surface area contributed by atoms with Crippen LogP contribution in [0.4, 0.5) is 0 Å². The molecule has 0 bridgehead atoms. The topological polar surface area (TPSA) is 24.5 Å². The smallest absolute Gasteiger partial charge is 0.120 e. The van der Waals surface area contributed by atoms with Gasteiger partial charge in [-0.1, -0.05) is 17.7 Å². The summed E-state index contributed by atoms with van der Waals surface area (Å²) in [5, 5.41) is 4.18. The quantitative estimate of drug-likeness (QED) is 0.895. The molecule has 1 aliphatic rings. The van der Waals surface area contributed by atoms with Crippen LogP contribution >= 0.6 is 11.6 Å². The van der Waals surface area contributed by atoms with E-state index in [9.17, 15) is 0 Å². The lowest BCUT2D eigenvalue weighted by molar-refractivity contribution is 0.165. The van der Waals surface area contributed by atoms with Gasteiger partial charge in [0.15, 0.2) is 0 Å². The summed E-state index contributed by atoms with van der Waals surface area (Å²) in [5.74, 6) is 0.812. The Morgan fingerprint density at radius 3 is 3.00 bits per heavy atom. The standard InChI is InChI=1S/C13H19ClN2O/c1-10-8-15-5-6-16(10)9-11-3-4-12(17-2)7-13(11)14/h3-4,7,10,15H,5-6,8-9H2,1-2H3/t10-/m0/s1. The van der Waals surface area contributed by atoms with Crippen LogP contribution in [0.5, 0.6) is 5.75 Å². The highest BCUT2D eigenvalue weighted by molar-refractivity contribution is 6.31. The fourth-order valence-corrected chi connectivity index (χ4v) is 2.35. The van der Waals surface area contributed by atoms with Crippen molar-refractivity contribution in [2.75, 3.05) is 26.7 Å². The fraction of sp³-hybridized carbons (Fsp3) is 0.538. The van der Waals surface area contributed by atoms with Crippen LogP contribution in [0.15, 0.2) is 18.2 Å². The average molecular weight is 255 g/mol. The zero-order valence-corrected chi connectivity index (χ0v) is 11.1. The van der Waals surface area contributed by atoms with Gasteiger partial charge in [0.2, 0.25) is 0 Å². The van der Waals surface area contributed by atoms with E-state index < -0.39 is 0 Å². The Morgan fingerprint density at radius 2 is 2.35 bits per heavy atom. The summed E-state index contributed by atoms with van der Waals surface area (Å²) in [6, 6.07) is 6.45. The highest BCUT2D eigenvalue weighted by Gasteiger charge is 2.18. The summed E-state index contributed by atoms with van der Waals surface area (Å²) < 4.78 is 5.15. The monoisotopic (exact) mass is 254 g/mol. The molecular formula is C13H19ClN2O. The predicted molar refractivity (Wildman–Crippen MR) is 70.7 cm³/mol. The second kappa shape index (κ2) is 5.71. The lowest BCUT2D eigenvalue weighted by Gasteiger charge is -2.34.